The first-order valence-corrected chi connectivity index (χ1v) is 7.83. The Balaban J connectivity index is 1.66. The maximum absolute atomic E-state index is 11.1. The van der Waals surface area contributed by atoms with Gasteiger partial charge in [0, 0.05) is 11.8 Å². The molecule has 0 aromatic carbocycles. The van der Waals surface area contributed by atoms with Crippen LogP contribution in [0, 0.1) is 17.8 Å². The molecule has 1 aromatic heterocycles. The third kappa shape index (κ3) is 1.73. The van der Waals surface area contributed by atoms with Crippen LogP contribution in [0.15, 0.2) is 12.4 Å². The lowest BCUT2D eigenvalue weighted by molar-refractivity contribution is -0.138. The average molecular weight is 274 g/mol. The molecule has 1 unspecified atom stereocenters. The zero-order valence-electron chi connectivity index (χ0n) is 12.0. The topological polar surface area (TPSA) is 55.1 Å². The minimum atomic E-state index is -0.768. The van der Waals surface area contributed by atoms with Crippen LogP contribution in [0.4, 0.5) is 0 Å². The number of nitrogens with zero attached hydrogens (tertiary/aromatic N) is 2. The molecule has 4 aliphatic carbocycles. The fourth-order valence-corrected chi connectivity index (χ4v) is 5.31. The number of hydrogen-bond acceptors (Lipinski definition) is 2. The second-order valence-electron chi connectivity index (χ2n) is 7.42. The van der Waals surface area contributed by atoms with Crippen LogP contribution in [0.1, 0.15) is 56.9 Å². The van der Waals surface area contributed by atoms with Gasteiger partial charge >= 0.3 is 5.97 Å². The van der Waals surface area contributed by atoms with E-state index in [9.17, 15) is 4.79 Å². The lowest BCUT2D eigenvalue weighted by atomic mass is 9.53. The van der Waals surface area contributed by atoms with E-state index >= 15 is 0 Å². The summed E-state index contributed by atoms with van der Waals surface area (Å²) in [7, 11) is 0. The van der Waals surface area contributed by atoms with Crippen molar-refractivity contribution in [2.45, 2.75) is 56.9 Å². The SMILES string of the molecule is CC(C(=O)O)c1cnn(C23CC4CC(CC(C4)C2)C3)c1. The van der Waals surface area contributed by atoms with Crippen molar-refractivity contribution < 1.29 is 9.90 Å². The summed E-state index contributed by atoms with van der Waals surface area (Å²) in [5.41, 5.74) is 1.04. The summed E-state index contributed by atoms with van der Waals surface area (Å²) >= 11 is 0. The molecular weight excluding hydrogens is 252 g/mol. The summed E-state index contributed by atoms with van der Waals surface area (Å²) in [4.78, 5) is 11.1. The summed E-state index contributed by atoms with van der Waals surface area (Å²) in [6.07, 6.45) is 11.8. The molecule has 1 aromatic rings. The third-order valence-electron chi connectivity index (χ3n) is 5.96. The van der Waals surface area contributed by atoms with Crippen LogP contribution in [0.5, 0.6) is 0 Å². The van der Waals surface area contributed by atoms with E-state index in [-0.39, 0.29) is 5.54 Å². The van der Waals surface area contributed by atoms with Gasteiger partial charge in [0.05, 0.1) is 17.7 Å². The second kappa shape index (κ2) is 4.09. The monoisotopic (exact) mass is 274 g/mol. The van der Waals surface area contributed by atoms with Gasteiger partial charge in [0.2, 0.25) is 0 Å². The molecule has 4 aliphatic rings. The van der Waals surface area contributed by atoms with Gasteiger partial charge in [-0.15, -0.1) is 0 Å². The largest absolute Gasteiger partial charge is 0.481 e. The molecule has 0 saturated heterocycles. The van der Waals surface area contributed by atoms with Crippen molar-refractivity contribution in [2.75, 3.05) is 0 Å². The molecule has 0 amide bonds. The Morgan fingerprint density at radius 3 is 2.35 bits per heavy atom. The predicted octanol–water partition coefficient (Wildman–Crippen LogP) is 3.00. The van der Waals surface area contributed by atoms with Crippen LogP contribution in [-0.4, -0.2) is 20.9 Å². The van der Waals surface area contributed by atoms with Crippen molar-refractivity contribution in [3.63, 3.8) is 0 Å². The molecule has 0 spiro atoms. The van der Waals surface area contributed by atoms with E-state index in [1.54, 1.807) is 13.1 Å². The van der Waals surface area contributed by atoms with Crippen molar-refractivity contribution in [2.24, 2.45) is 17.8 Å². The summed E-state index contributed by atoms with van der Waals surface area (Å²) < 4.78 is 2.13. The zero-order valence-corrected chi connectivity index (χ0v) is 12.0. The fourth-order valence-electron chi connectivity index (χ4n) is 5.31. The van der Waals surface area contributed by atoms with E-state index in [2.05, 4.69) is 9.78 Å². The van der Waals surface area contributed by atoms with E-state index < -0.39 is 11.9 Å². The van der Waals surface area contributed by atoms with Crippen molar-refractivity contribution in [1.82, 2.24) is 9.78 Å². The molecule has 5 rings (SSSR count). The number of carboxylic acid groups (broad SMARTS) is 1. The summed E-state index contributed by atoms with van der Waals surface area (Å²) in [5, 5.41) is 13.7. The minimum Gasteiger partial charge on any atom is -0.481 e. The highest BCUT2D eigenvalue weighted by Crippen LogP contribution is 2.58. The van der Waals surface area contributed by atoms with Crippen molar-refractivity contribution in [3.05, 3.63) is 18.0 Å². The molecule has 1 heterocycles. The maximum Gasteiger partial charge on any atom is 0.310 e. The Bertz CT molecular complexity index is 513. The first-order valence-electron chi connectivity index (χ1n) is 7.83. The van der Waals surface area contributed by atoms with E-state index in [0.717, 1.165) is 23.3 Å². The van der Waals surface area contributed by atoms with Crippen molar-refractivity contribution in [1.29, 1.82) is 0 Å². The number of aromatic nitrogens is 2. The highest BCUT2D eigenvalue weighted by molar-refractivity contribution is 5.75. The Morgan fingerprint density at radius 2 is 1.85 bits per heavy atom. The molecule has 1 N–H and O–H groups in total. The van der Waals surface area contributed by atoms with Gasteiger partial charge in [-0.25, -0.2) is 0 Å². The first-order chi connectivity index (χ1) is 9.56. The van der Waals surface area contributed by atoms with Gasteiger partial charge in [0.15, 0.2) is 0 Å². The van der Waals surface area contributed by atoms with E-state index in [1.807, 2.05) is 6.20 Å². The van der Waals surface area contributed by atoms with Gasteiger partial charge in [0.25, 0.3) is 0 Å². The smallest absolute Gasteiger partial charge is 0.310 e. The number of carboxylic acids is 1. The van der Waals surface area contributed by atoms with Gasteiger partial charge in [0.1, 0.15) is 0 Å². The normalized spacial score (nSPS) is 40.0. The average Bonchev–Trinajstić information content (AvgIpc) is 2.86. The van der Waals surface area contributed by atoms with Gasteiger partial charge in [-0.3, -0.25) is 9.48 Å². The third-order valence-corrected chi connectivity index (χ3v) is 5.96. The molecule has 20 heavy (non-hydrogen) atoms. The van der Waals surface area contributed by atoms with Gasteiger partial charge in [-0.1, -0.05) is 0 Å². The van der Waals surface area contributed by atoms with Crippen LogP contribution in [0.2, 0.25) is 0 Å². The molecule has 4 fully saturated rings. The van der Waals surface area contributed by atoms with Gasteiger partial charge in [-0.05, 0) is 63.2 Å². The van der Waals surface area contributed by atoms with Crippen LogP contribution >= 0.6 is 0 Å². The van der Waals surface area contributed by atoms with Crippen molar-refractivity contribution >= 4 is 5.97 Å². The molecule has 4 nitrogen and oxygen atoms in total. The molecule has 108 valence electrons. The number of carbonyl (C=O) groups is 1. The second-order valence-corrected chi connectivity index (χ2v) is 7.42. The fraction of sp³-hybridized carbons (Fsp3) is 0.750. The Kier molecular flexibility index (Phi) is 2.54. The molecule has 0 aliphatic heterocycles. The van der Waals surface area contributed by atoms with Crippen LogP contribution in [-0.2, 0) is 10.3 Å². The van der Waals surface area contributed by atoms with Crippen LogP contribution in [0.3, 0.4) is 0 Å². The van der Waals surface area contributed by atoms with Gasteiger partial charge < -0.3 is 5.11 Å². The molecule has 4 saturated carbocycles. The first kappa shape index (κ1) is 12.4. The summed E-state index contributed by atoms with van der Waals surface area (Å²) in [5.74, 6) is 1.41. The molecule has 4 bridgehead atoms. The Morgan fingerprint density at radius 1 is 1.30 bits per heavy atom. The lowest BCUT2D eigenvalue weighted by Crippen LogP contribution is -2.52. The van der Waals surface area contributed by atoms with E-state index in [1.165, 1.54) is 38.5 Å². The van der Waals surface area contributed by atoms with Crippen LogP contribution in [0.25, 0.3) is 0 Å². The maximum atomic E-state index is 11.1. The van der Waals surface area contributed by atoms with Gasteiger partial charge in [-0.2, -0.15) is 5.10 Å². The standard InChI is InChI=1S/C16H22N2O2/c1-10(15(19)20)14-8-17-18(9-14)16-5-11-2-12(6-16)4-13(3-11)7-16/h8-13H,2-7H2,1H3,(H,19,20). The minimum absolute atomic E-state index is 0.200. The van der Waals surface area contributed by atoms with Crippen molar-refractivity contribution in [3.8, 4) is 0 Å². The number of rotatable bonds is 3. The number of aliphatic carboxylic acids is 1. The van der Waals surface area contributed by atoms with E-state index in [0.29, 0.717) is 0 Å². The summed E-state index contributed by atoms with van der Waals surface area (Å²) in [6.45, 7) is 1.74. The quantitative estimate of drug-likeness (QED) is 0.921. The lowest BCUT2D eigenvalue weighted by Gasteiger charge is -2.56. The highest BCUT2D eigenvalue weighted by atomic mass is 16.4. The summed E-state index contributed by atoms with van der Waals surface area (Å²) in [6, 6.07) is 0. The Labute approximate surface area is 119 Å². The molecule has 0 radical (unpaired) electrons. The predicted molar refractivity (Wildman–Crippen MR) is 74.4 cm³/mol. The number of hydrogen-bond donors (Lipinski definition) is 1. The highest BCUT2D eigenvalue weighted by Gasteiger charge is 2.52. The molecule has 1 atom stereocenters. The molecular formula is C16H22N2O2. The Hall–Kier alpha value is -1.32. The van der Waals surface area contributed by atoms with Crippen LogP contribution < -0.4 is 0 Å². The zero-order chi connectivity index (χ0) is 13.9. The van der Waals surface area contributed by atoms with E-state index in [4.69, 9.17) is 5.11 Å². The molecule has 4 heteroatoms.